The molecular formula is C51H34N4OS. The predicted molar refractivity (Wildman–Crippen MR) is 238 cm³/mol. The lowest BCUT2D eigenvalue weighted by molar-refractivity contribution is 0.411. The van der Waals surface area contributed by atoms with Gasteiger partial charge in [0.1, 0.15) is 29.3 Å². The number of hydrogen-bond acceptors (Lipinski definition) is 5. The van der Waals surface area contributed by atoms with Crippen LogP contribution >= 0.6 is 11.3 Å². The molecule has 5 nitrogen and oxygen atoms in total. The molecular weight excluding hydrogens is 717 g/mol. The maximum absolute atomic E-state index is 6.64. The number of thiophene rings is 1. The van der Waals surface area contributed by atoms with Gasteiger partial charge in [0.15, 0.2) is 0 Å². The molecule has 270 valence electrons. The molecule has 11 aromatic rings. The van der Waals surface area contributed by atoms with Crippen molar-refractivity contribution in [3.8, 4) is 16.8 Å². The Kier molecular flexibility index (Phi) is 7.24. The molecule has 4 heterocycles. The molecule has 1 aliphatic rings. The van der Waals surface area contributed by atoms with Crippen LogP contribution in [-0.4, -0.2) is 10.4 Å². The molecule has 2 N–H and O–H groups in total. The zero-order chi connectivity index (χ0) is 37.5. The molecule has 57 heavy (non-hydrogen) atoms. The molecule has 0 radical (unpaired) electrons. The summed E-state index contributed by atoms with van der Waals surface area (Å²) >= 11 is 1.84. The summed E-state index contributed by atoms with van der Waals surface area (Å²) in [7, 11) is 0. The Morgan fingerprint density at radius 2 is 1.19 bits per heavy atom. The quantitative estimate of drug-likeness (QED) is 0.184. The van der Waals surface area contributed by atoms with E-state index in [2.05, 4.69) is 191 Å². The van der Waals surface area contributed by atoms with Gasteiger partial charge in [-0.1, -0.05) is 133 Å². The van der Waals surface area contributed by atoms with Gasteiger partial charge >= 0.3 is 0 Å². The van der Waals surface area contributed by atoms with Crippen LogP contribution in [0.2, 0.25) is 0 Å². The highest BCUT2D eigenvalue weighted by atomic mass is 32.1. The van der Waals surface area contributed by atoms with E-state index in [1.807, 2.05) is 17.4 Å². The van der Waals surface area contributed by atoms with Gasteiger partial charge in [0.05, 0.1) is 22.1 Å². The van der Waals surface area contributed by atoms with Crippen LogP contribution in [0.25, 0.3) is 80.7 Å². The Balaban J connectivity index is 0.946. The topological polar surface area (TPSA) is 54.5 Å². The number of nitrogens with one attached hydrogen (secondary N) is 2. The zero-order valence-electron chi connectivity index (χ0n) is 30.7. The van der Waals surface area contributed by atoms with Gasteiger partial charge in [-0.25, -0.2) is 4.99 Å². The lowest BCUT2D eigenvalue weighted by atomic mass is 9.99. The fraction of sp³-hybridized carbons (Fsp3) is 0.0392. The van der Waals surface area contributed by atoms with E-state index in [4.69, 9.17) is 9.41 Å². The Morgan fingerprint density at radius 1 is 0.509 bits per heavy atom. The van der Waals surface area contributed by atoms with Crippen LogP contribution in [-0.2, 0) is 0 Å². The van der Waals surface area contributed by atoms with Crippen LogP contribution in [0.15, 0.2) is 191 Å². The number of benzene rings is 8. The number of para-hydroxylation sites is 2. The van der Waals surface area contributed by atoms with Gasteiger partial charge in [0.25, 0.3) is 0 Å². The number of furan rings is 1. The number of aromatic nitrogens is 1. The Bertz CT molecular complexity index is 3320. The second-order valence-electron chi connectivity index (χ2n) is 14.8. The van der Waals surface area contributed by atoms with Crippen LogP contribution in [0.5, 0.6) is 0 Å². The van der Waals surface area contributed by atoms with Crippen molar-refractivity contribution in [3.63, 3.8) is 0 Å². The molecule has 1 aliphatic heterocycles. The molecule has 0 fully saturated rings. The van der Waals surface area contributed by atoms with Gasteiger partial charge in [0.2, 0.25) is 0 Å². The molecule has 0 saturated heterocycles. The lowest BCUT2D eigenvalue weighted by Crippen LogP contribution is -2.45. The summed E-state index contributed by atoms with van der Waals surface area (Å²) < 4.78 is 11.5. The van der Waals surface area contributed by atoms with E-state index >= 15 is 0 Å². The molecule has 3 aromatic heterocycles. The van der Waals surface area contributed by atoms with Crippen molar-refractivity contribution in [1.82, 2.24) is 15.2 Å². The summed E-state index contributed by atoms with van der Waals surface area (Å²) in [6.45, 7) is 0. The van der Waals surface area contributed by atoms with Gasteiger partial charge in [-0.2, -0.15) is 0 Å². The van der Waals surface area contributed by atoms with Gasteiger partial charge in [0, 0.05) is 41.9 Å². The van der Waals surface area contributed by atoms with Gasteiger partial charge < -0.3 is 14.3 Å². The van der Waals surface area contributed by atoms with Crippen molar-refractivity contribution < 1.29 is 4.42 Å². The summed E-state index contributed by atoms with van der Waals surface area (Å²) in [6.07, 6.45) is -0.336. The minimum absolute atomic E-state index is 0.146. The van der Waals surface area contributed by atoms with E-state index in [0.29, 0.717) is 0 Å². The highest BCUT2D eigenvalue weighted by Crippen LogP contribution is 2.43. The van der Waals surface area contributed by atoms with Crippen LogP contribution in [0.3, 0.4) is 0 Å². The number of amidine groups is 1. The molecule has 6 heteroatoms. The minimum atomic E-state index is -0.189. The molecule has 0 spiro atoms. The number of aliphatic imine (C=N–C) groups is 1. The monoisotopic (exact) mass is 750 g/mol. The summed E-state index contributed by atoms with van der Waals surface area (Å²) in [4.78, 5) is 5.14. The first kappa shape index (κ1) is 32.3. The van der Waals surface area contributed by atoms with Crippen molar-refractivity contribution in [2.24, 2.45) is 4.99 Å². The number of nitrogens with zero attached hydrogens (tertiary/aromatic N) is 2. The van der Waals surface area contributed by atoms with Crippen molar-refractivity contribution in [3.05, 3.63) is 199 Å². The van der Waals surface area contributed by atoms with E-state index in [1.54, 1.807) is 0 Å². The number of fused-ring (bicyclic) bond motifs is 9. The molecule has 12 rings (SSSR count). The molecule has 0 amide bonds. The van der Waals surface area contributed by atoms with Crippen molar-refractivity contribution in [2.75, 3.05) is 0 Å². The third-order valence-electron chi connectivity index (χ3n) is 11.5. The molecule has 0 aliphatic carbocycles. The standard InChI is InChI=1S/C51H34N4OS/c1-3-13-31(14-4-1)49-52-50(32-15-5-2-6-16-32)54-51(53-49)39-19-11-24-45-47(39)38-28-26-34(30-46(38)57-45)33-25-27-37-44(29-33)56-43-23-12-22-42(48(37)43)55-40-20-9-7-17-35(40)36-18-8-10-21-41(36)55/h1-30,49,51,53H,(H,52,54). The van der Waals surface area contributed by atoms with Crippen molar-refractivity contribution in [2.45, 2.75) is 12.3 Å². The summed E-state index contributed by atoms with van der Waals surface area (Å²) in [5.74, 6) is 0.884. The SMILES string of the molecule is c1ccc(C2=NC(c3ccccc3)NC(c3cccc4sc5cc(-c6ccc7c(c6)oc6cccc(-n8c9ccccc9c9ccccc98)c67)ccc5c34)N2)cc1. The van der Waals surface area contributed by atoms with E-state index in [1.165, 1.54) is 47.5 Å². The highest BCUT2D eigenvalue weighted by Gasteiger charge is 2.27. The second kappa shape index (κ2) is 12.8. The molecule has 2 unspecified atom stereocenters. The first-order chi connectivity index (χ1) is 28.2. The zero-order valence-corrected chi connectivity index (χ0v) is 31.5. The summed E-state index contributed by atoms with van der Waals surface area (Å²) in [5.41, 5.74) is 11.0. The summed E-state index contributed by atoms with van der Waals surface area (Å²) in [5, 5.41) is 14.8. The minimum Gasteiger partial charge on any atom is -0.456 e. The fourth-order valence-corrected chi connectivity index (χ4v) is 10.1. The summed E-state index contributed by atoms with van der Waals surface area (Å²) in [6, 6.07) is 64.8. The van der Waals surface area contributed by atoms with E-state index in [-0.39, 0.29) is 12.3 Å². The van der Waals surface area contributed by atoms with Crippen molar-refractivity contribution >= 4 is 81.1 Å². The molecule has 2 atom stereocenters. The largest absolute Gasteiger partial charge is 0.456 e. The third kappa shape index (κ3) is 5.15. The van der Waals surface area contributed by atoms with E-state index < -0.39 is 0 Å². The molecule has 0 saturated carbocycles. The smallest absolute Gasteiger partial charge is 0.137 e. The Labute approximate surface area is 332 Å². The normalized spacial score (nSPS) is 15.9. The number of rotatable bonds is 5. The molecule has 8 aromatic carbocycles. The maximum atomic E-state index is 6.64. The second-order valence-corrected chi connectivity index (χ2v) is 15.9. The lowest BCUT2D eigenvalue weighted by Gasteiger charge is -2.32. The predicted octanol–water partition coefficient (Wildman–Crippen LogP) is 13.1. The van der Waals surface area contributed by atoms with Crippen LogP contribution in [0.4, 0.5) is 0 Å². The average Bonchev–Trinajstić information content (AvgIpc) is 3.96. The Hall–Kier alpha value is -6.99. The fourth-order valence-electron chi connectivity index (χ4n) is 8.90. The van der Waals surface area contributed by atoms with Crippen molar-refractivity contribution in [1.29, 1.82) is 0 Å². The first-order valence-corrected chi connectivity index (χ1v) is 20.2. The van der Waals surface area contributed by atoms with Crippen LogP contribution in [0.1, 0.15) is 29.0 Å². The van der Waals surface area contributed by atoms with E-state index in [9.17, 15) is 0 Å². The molecule has 0 bridgehead atoms. The Morgan fingerprint density at radius 3 is 1.98 bits per heavy atom. The van der Waals surface area contributed by atoms with Gasteiger partial charge in [-0.15, -0.1) is 11.3 Å². The number of hydrogen-bond donors (Lipinski definition) is 2. The van der Waals surface area contributed by atoms with Crippen LogP contribution < -0.4 is 10.6 Å². The highest BCUT2D eigenvalue weighted by molar-refractivity contribution is 7.25. The van der Waals surface area contributed by atoms with E-state index in [0.717, 1.165) is 55.7 Å². The third-order valence-corrected chi connectivity index (χ3v) is 12.6. The van der Waals surface area contributed by atoms with Crippen LogP contribution in [0, 0.1) is 0 Å². The van der Waals surface area contributed by atoms with Gasteiger partial charge in [-0.3, -0.25) is 5.32 Å². The maximum Gasteiger partial charge on any atom is 0.137 e. The average molecular weight is 751 g/mol. The first-order valence-electron chi connectivity index (χ1n) is 19.4. The van der Waals surface area contributed by atoms with Gasteiger partial charge in [-0.05, 0) is 70.8 Å².